The maximum absolute atomic E-state index is 13.0. The number of carbonyl (C=O) groups is 1. The van der Waals surface area contributed by atoms with Crippen molar-refractivity contribution in [2.45, 2.75) is 64.0 Å². The van der Waals surface area contributed by atoms with Crippen LogP contribution in [0.2, 0.25) is 0 Å². The topological polar surface area (TPSA) is 52.7 Å². The highest BCUT2D eigenvalue weighted by molar-refractivity contribution is 5.75. The van der Waals surface area contributed by atoms with Crippen LogP contribution in [0, 0.1) is 29.1 Å². The maximum Gasteiger partial charge on any atom is 0.315 e. The molecule has 5 aliphatic rings. The Labute approximate surface area is 184 Å². The van der Waals surface area contributed by atoms with E-state index >= 15 is 0 Å². The van der Waals surface area contributed by atoms with E-state index in [4.69, 9.17) is 4.74 Å². The Hall–Kier alpha value is -1.88. The average molecular weight is 424 g/mol. The first-order valence-electron chi connectivity index (χ1n) is 12.3. The third-order valence-electron chi connectivity index (χ3n) is 9.50. The van der Waals surface area contributed by atoms with Gasteiger partial charge in [-0.1, -0.05) is 25.1 Å². The molecule has 2 saturated carbocycles. The van der Waals surface area contributed by atoms with Crippen LogP contribution in [-0.2, 0) is 16.1 Å². The molecule has 0 radical (unpaired) electrons. The molecule has 2 aliphatic carbocycles. The Morgan fingerprint density at radius 3 is 3.00 bits per heavy atom. The summed E-state index contributed by atoms with van der Waals surface area (Å²) in [6.45, 7) is 10.6. The van der Waals surface area contributed by atoms with Gasteiger partial charge in [0.1, 0.15) is 12.0 Å². The molecule has 3 aliphatic heterocycles. The molecule has 2 bridgehead atoms. The lowest BCUT2D eigenvalue weighted by Gasteiger charge is -2.50. The molecule has 166 valence electrons. The number of fused-ring (bicyclic) bond motifs is 6. The number of esters is 1. The van der Waals surface area contributed by atoms with Crippen LogP contribution in [-0.4, -0.2) is 36.3 Å². The lowest BCUT2D eigenvalue weighted by molar-refractivity contribution is -0.913. The average Bonchev–Trinajstić information content (AvgIpc) is 3.01. The van der Waals surface area contributed by atoms with Crippen LogP contribution in [0.4, 0.5) is 0 Å². The molecule has 1 aromatic rings. The zero-order chi connectivity index (χ0) is 21.3. The van der Waals surface area contributed by atoms with Crippen LogP contribution >= 0.6 is 0 Å². The Bertz CT molecular complexity index is 983. The summed E-state index contributed by atoms with van der Waals surface area (Å²) in [4.78, 5) is 26.8. The summed E-state index contributed by atoms with van der Waals surface area (Å²) in [7, 11) is 0. The van der Waals surface area contributed by atoms with Crippen molar-refractivity contribution in [2.75, 3.05) is 19.6 Å². The smallest absolute Gasteiger partial charge is 0.315 e. The van der Waals surface area contributed by atoms with E-state index in [1.54, 1.807) is 6.07 Å². The number of quaternary nitrogens is 1. The Kier molecular flexibility index (Phi) is 4.51. The second kappa shape index (κ2) is 7.06. The van der Waals surface area contributed by atoms with Crippen molar-refractivity contribution >= 4 is 5.97 Å². The van der Waals surface area contributed by atoms with Crippen molar-refractivity contribution in [2.24, 2.45) is 29.1 Å². The summed E-state index contributed by atoms with van der Waals surface area (Å²) in [6, 6.07) is 5.71. The number of likely N-dealkylation sites (tertiary alicyclic amines) is 1. The second-order valence-electron chi connectivity index (χ2n) is 11.5. The van der Waals surface area contributed by atoms with Gasteiger partial charge in [0, 0.05) is 36.1 Å². The molecule has 2 saturated heterocycles. The maximum atomic E-state index is 13.0. The predicted octanol–water partition coefficient (Wildman–Crippen LogP) is 2.16. The van der Waals surface area contributed by atoms with Crippen LogP contribution in [0.5, 0.6) is 0 Å². The molecular weight excluding hydrogens is 388 g/mol. The fourth-order valence-corrected chi connectivity index (χ4v) is 8.09. The molecule has 0 spiro atoms. The van der Waals surface area contributed by atoms with E-state index < -0.39 is 0 Å². The van der Waals surface area contributed by atoms with Gasteiger partial charge < -0.3 is 14.2 Å². The highest BCUT2D eigenvalue weighted by Gasteiger charge is 2.56. The third-order valence-corrected chi connectivity index (χ3v) is 9.50. The van der Waals surface area contributed by atoms with E-state index in [1.165, 1.54) is 35.4 Å². The van der Waals surface area contributed by atoms with Crippen LogP contribution < -0.4 is 10.5 Å². The summed E-state index contributed by atoms with van der Waals surface area (Å²) in [5.41, 5.74) is 3.00. The van der Waals surface area contributed by atoms with Gasteiger partial charge in [0.25, 0.3) is 5.56 Å². The summed E-state index contributed by atoms with van der Waals surface area (Å²) in [5, 5.41) is 0. The number of allylic oxidation sites excluding steroid dienone is 1. The highest BCUT2D eigenvalue weighted by atomic mass is 16.6. The molecule has 1 aromatic heterocycles. The quantitative estimate of drug-likeness (QED) is 0.586. The number of rotatable bonds is 2. The van der Waals surface area contributed by atoms with Gasteiger partial charge >= 0.3 is 5.97 Å². The van der Waals surface area contributed by atoms with Gasteiger partial charge in [-0.05, 0) is 55.9 Å². The molecule has 1 unspecified atom stereocenters. The molecule has 0 aromatic carbocycles. The Balaban J connectivity index is 1.20. The zero-order valence-electron chi connectivity index (χ0n) is 18.6. The van der Waals surface area contributed by atoms with E-state index in [9.17, 15) is 9.59 Å². The largest absolute Gasteiger partial charge is 0.462 e. The van der Waals surface area contributed by atoms with E-state index in [0.717, 1.165) is 45.4 Å². The second-order valence-corrected chi connectivity index (χ2v) is 11.5. The number of nitrogens with zero attached hydrogens (tertiary/aromatic N) is 1. The van der Waals surface area contributed by atoms with Gasteiger partial charge in [-0.25, -0.2) is 0 Å². The fourth-order valence-electron chi connectivity index (χ4n) is 8.09. The Morgan fingerprint density at radius 1 is 1.26 bits per heavy atom. The van der Waals surface area contributed by atoms with Crippen molar-refractivity contribution in [3.63, 3.8) is 0 Å². The number of aromatic nitrogens is 1. The first-order chi connectivity index (χ1) is 14.9. The van der Waals surface area contributed by atoms with Crippen LogP contribution in [0.25, 0.3) is 0 Å². The van der Waals surface area contributed by atoms with Crippen molar-refractivity contribution in [3.05, 3.63) is 46.4 Å². The normalized spacial score (nSPS) is 43.6. The number of hydrogen-bond donors (Lipinski definition) is 1. The van der Waals surface area contributed by atoms with Gasteiger partial charge in [0.2, 0.25) is 0 Å². The first-order valence-corrected chi connectivity index (χ1v) is 12.3. The van der Waals surface area contributed by atoms with E-state index in [-0.39, 0.29) is 29.0 Å². The lowest BCUT2D eigenvalue weighted by Crippen LogP contribution is -3.15. The van der Waals surface area contributed by atoms with Gasteiger partial charge in [-0.3, -0.25) is 9.59 Å². The summed E-state index contributed by atoms with van der Waals surface area (Å²) in [6.07, 6.45) is 6.99. The fraction of sp³-hybridized carbons (Fsp3) is 0.692. The van der Waals surface area contributed by atoms with Crippen molar-refractivity contribution in [1.82, 2.24) is 4.57 Å². The van der Waals surface area contributed by atoms with Crippen LogP contribution in [0.3, 0.4) is 0 Å². The van der Waals surface area contributed by atoms with E-state index in [1.807, 2.05) is 10.6 Å². The number of ether oxygens (including phenoxy) is 1. The summed E-state index contributed by atoms with van der Waals surface area (Å²) in [5.74, 6) is 1.93. The Morgan fingerprint density at radius 2 is 2.13 bits per heavy atom. The molecule has 5 nitrogen and oxygen atoms in total. The molecule has 31 heavy (non-hydrogen) atoms. The summed E-state index contributed by atoms with van der Waals surface area (Å²) < 4.78 is 8.00. The minimum atomic E-state index is 0.0241. The van der Waals surface area contributed by atoms with Crippen LogP contribution in [0.15, 0.2) is 35.1 Å². The van der Waals surface area contributed by atoms with Gasteiger partial charge in [-0.15, -0.1) is 0 Å². The van der Waals surface area contributed by atoms with Crippen molar-refractivity contribution in [1.29, 1.82) is 0 Å². The predicted molar refractivity (Wildman–Crippen MR) is 118 cm³/mol. The number of hydrogen-bond acceptors (Lipinski definition) is 3. The van der Waals surface area contributed by atoms with Crippen molar-refractivity contribution < 1.29 is 14.4 Å². The molecule has 4 heterocycles. The molecule has 1 N–H and O–H groups in total. The number of carbonyl (C=O) groups excluding carboxylic acids is 1. The van der Waals surface area contributed by atoms with Crippen molar-refractivity contribution in [3.8, 4) is 0 Å². The van der Waals surface area contributed by atoms with Gasteiger partial charge in [0.05, 0.1) is 19.6 Å². The minimum Gasteiger partial charge on any atom is -0.462 e. The van der Waals surface area contributed by atoms with E-state index in [2.05, 4.69) is 19.6 Å². The molecule has 0 amide bonds. The standard InChI is InChI=1S/C26H34N2O3/c1-16-5-4-8-26(2)11-23-19(10-21(16)26)20(25(30)31-23)15-27-12-17-9-18(14-27)22-6-3-7-24(29)28(22)13-17/h3,6-7,17-21,23H,1,4-5,8-15H2,2H3/p+1/t17-,18+,19-,20-,21-,23+,26-/m0/s1. The van der Waals surface area contributed by atoms with E-state index in [0.29, 0.717) is 23.7 Å². The van der Waals surface area contributed by atoms with Gasteiger partial charge in [0.15, 0.2) is 0 Å². The minimum absolute atomic E-state index is 0.0241. The SMILES string of the molecule is C=C1CCC[C@@]2(C)C[C@H]3OC(=O)[C@@H](C[NH+]4C[C@@H]5C[C@H](C4)c4cccc(=O)n4C5)[C@@H]3C[C@@H]12. The highest BCUT2D eigenvalue weighted by Crippen LogP contribution is 2.56. The molecule has 5 heteroatoms. The van der Waals surface area contributed by atoms with Gasteiger partial charge in [-0.2, -0.15) is 0 Å². The molecule has 8 atom stereocenters. The molecule has 4 fully saturated rings. The zero-order valence-corrected chi connectivity index (χ0v) is 18.6. The summed E-state index contributed by atoms with van der Waals surface area (Å²) >= 11 is 0. The monoisotopic (exact) mass is 423 g/mol. The number of nitrogens with one attached hydrogen (secondary N) is 1. The van der Waals surface area contributed by atoms with Crippen LogP contribution in [0.1, 0.15) is 57.1 Å². The molecule has 6 rings (SSSR count). The lowest BCUT2D eigenvalue weighted by atomic mass is 9.55. The number of piperidine rings is 1. The third kappa shape index (κ3) is 3.14. The molecular formula is C26H35N2O3+. The first kappa shape index (κ1) is 19.8. The number of pyridine rings is 1.